The summed E-state index contributed by atoms with van der Waals surface area (Å²) in [6.45, 7) is 3.38. The molecule has 2 amide bonds. The van der Waals surface area contributed by atoms with Crippen molar-refractivity contribution in [2.24, 2.45) is 10.2 Å². The van der Waals surface area contributed by atoms with Crippen LogP contribution in [0, 0.1) is 0 Å². The Kier molecular flexibility index (Phi) is 8.58. The fourth-order valence-electron chi connectivity index (χ4n) is 2.57. The molecule has 0 aliphatic carbocycles. The van der Waals surface area contributed by atoms with Crippen LogP contribution in [0.25, 0.3) is 0 Å². The van der Waals surface area contributed by atoms with E-state index >= 15 is 0 Å². The van der Waals surface area contributed by atoms with Crippen molar-refractivity contribution >= 4 is 23.2 Å². The predicted octanol–water partition coefficient (Wildman–Crippen LogP) is 2.28. The molecule has 0 aliphatic heterocycles. The zero-order chi connectivity index (χ0) is 23.7. The van der Waals surface area contributed by atoms with E-state index in [0.717, 1.165) is 0 Å². The SMILES string of the molecule is COc1cc(/C(C)=N/NC(=O)CCC(=O)N/N=C(\C)c2ccc(O)c(OC)c2)ccc1O. The van der Waals surface area contributed by atoms with Gasteiger partial charge >= 0.3 is 0 Å². The summed E-state index contributed by atoms with van der Waals surface area (Å²) >= 11 is 0. The van der Waals surface area contributed by atoms with E-state index in [1.807, 2.05) is 0 Å². The number of nitrogens with one attached hydrogen (secondary N) is 2. The van der Waals surface area contributed by atoms with Gasteiger partial charge < -0.3 is 19.7 Å². The maximum Gasteiger partial charge on any atom is 0.240 e. The Morgan fingerprint density at radius 1 is 0.781 bits per heavy atom. The molecule has 0 radical (unpaired) electrons. The Bertz CT molecular complexity index is 965. The maximum absolute atomic E-state index is 12.0. The van der Waals surface area contributed by atoms with Gasteiger partial charge in [-0.25, -0.2) is 10.9 Å². The number of aromatic hydroxyl groups is 2. The normalized spacial score (nSPS) is 11.6. The van der Waals surface area contributed by atoms with Crippen molar-refractivity contribution in [3.8, 4) is 23.0 Å². The molecule has 2 aromatic carbocycles. The van der Waals surface area contributed by atoms with Gasteiger partial charge in [0, 0.05) is 24.0 Å². The van der Waals surface area contributed by atoms with Crippen molar-refractivity contribution in [2.75, 3.05) is 14.2 Å². The summed E-state index contributed by atoms with van der Waals surface area (Å²) in [7, 11) is 2.87. The van der Waals surface area contributed by atoms with Gasteiger partial charge in [0.25, 0.3) is 0 Å². The third-order valence-corrected chi connectivity index (χ3v) is 4.47. The number of hydrogen-bond acceptors (Lipinski definition) is 8. The molecular weight excluding hydrogens is 416 g/mol. The molecular formula is C22H26N4O6. The fourth-order valence-corrected chi connectivity index (χ4v) is 2.57. The highest BCUT2D eigenvalue weighted by Crippen LogP contribution is 2.27. The van der Waals surface area contributed by atoms with Crippen LogP contribution in [-0.2, 0) is 9.59 Å². The Morgan fingerprint density at radius 2 is 1.16 bits per heavy atom. The molecule has 0 saturated heterocycles. The minimum absolute atomic E-state index is 0.00143. The first-order valence-electron chi connectivity index (χ1n) is 9.66. The van der Waals surface area contributed by atoms with Gasteiger partial charge in [0.05, 0.1) is 25.6 Å². The van der Waals surface area contributed by atoms with Crippen LogP contribution in [0.2, 0.25) is 0 Å². The van der Waals surface area contributed by atoms with E-state index in [4.69, 9.17) is 9.47 Å². The molecule has 0 saturated carbocycles. The summed E-state index contributed by atoms with van der Waals surface area (Å²) in [5.74, 6) is -0.283. The van der Waals surface area contributed by atoms with Crippen molar-refractivity contribution in [2.45, 2.75) is 26.7 Å². The van der Waals surface area contributed by atoms with Gasteiger partial charge in [-0.1, -0.05) is 0 Å². The average molecular weight is 442 g/mol. The number of carbonyl (C=O) groups is 2. The van der Waals surface area contributed by atoms with Gasteiger partial charge in [0.1, 0.15) is 0 Å². The van der Waals surface area contributed by atoms with Gasteiger partial charge in [-0.3, -0.25) is 9.59 Å². The molecule has 0 aromatic heterocycles. The highest BCUT2D eigenvalue weighted by Gasteiger charge is 2.09. The molecule has 2 aromatic rings. The summed E-state index contributed by atoms with van der Waals surface area (Å²) < 4.78 is 10.1. The quantitative estimate of drug-likeness (QED) is 0.347. The first kappa shape index (κ1) is 24.2. The smallest absolute Gasteiger partial charge is 0.240 e. The van der Waals surface area contributed by atoms with Crippen molar-refractivity contribution in [1.29, 1.82) is 0 Å². The number of phenols is 2. The number of rotatable bonds is 9. The molecule has 0 unspecified atom stereocenters. The monoisotopic (exact) mass is 442 g/mol. The van der Waals surface area contributed by atoms with Crippen LogP contribution in [0.5, 0.6) is 23.0 Å². The second-order valence-electron chi connectivity index (χ2n) is 6.74. The first-order valence-corrected chi connectivity index (χ1v) is 9.66. The van der Waals surface area contributed by atoms with E-state index in [1.54, 1.807) is 38.1 Å². The second kappa shape index (κ2) is 11.3. The lowest BCUT2D eigenvalue weighted by Crippen LogP contribution is -2.24. The standard InChI is InChI=1S/C22H26N4O6/c1-13(15-5-7-17(27)19(11-15)31-3)23-25-21(29)9-10-22(30)26-24-14(2)16-6-8-18(28)20(12-16)32-4/h5-8,11-12,27-28H,9-10H2,1-4H3,(H,25,29)(H,26,30)/b23-13+,24-14+. The molecule has 0 spiro atoms. The molecule has 4 N–H and O–H groups in total. The van der Waals surface area contributed by atoms with E-state index < -0.39 is 11.8 Å². The van der Waals surface area contributed by atoms with Crippen LogP contribution < -0.4 is 20.3 Å². The number of hydrogen-bond donors (Lipinski definition) is 4. The Hall–Kier alpha value is -4.08. The van der Waals surface area contributed by atoms with Gasteiger partial charge in [-0.05, 0) is 50.2 Å². The lowest BCUT2D eigenvalue weighted by molar-refractivity contribution is -0.126. The molecule has 170 valence electrons. The molecule has 0 bridgehead atoms. The number of methoxy groups -OCH3 is 2. The number of ether oxygens (including phenoxy) is 2. The number of amides is 2. The lowest BCUT2D eigenvalue weighted by atomic mass is 10.1. The lowest BCUT2D eigenvalue weighted by Gasteiger charge is -2.07. The van der Waals surface area contributed by atoms with Gasteiger partial charge in [-0.15, -0.1) is 0 Å². The molecule has 0 aliphatic rings. The molecule has 0 fully saturated rings. The third-order valence-electron chi connectivity index (χ3n) is 4.47. The molecule has 2 rings (SSSR count). The van der Waals surface area contributed by atoms with Gasteiger partial charge in [0.15, 0.2) is 23.0 Å². The number of phenolic OH excluding ortho intramolecular Hbond substituents is 2. The highest BCUT2D eigenvalue weighted by molar-refractivity contribution is 6.00. The molecule has 32 heavy (non-hydrogen) atoms. The summed E-state index contributed by atoms with van der Waals surface area (Å²) in [4.78, 5) is 24.0. The minimum Gasteiger partial charge on any atom is -0.504 e. The van der Waals surface area contributed by atoms with Crippen LogP contribution >= 0.6 is 0 Å². The van der Waals surface area contributed by atoms with Crippen LogP contribution in [0.3, 0.4) is 0 Å². The van der Waals surface area contributed by atoms with Gasteiger partial charge in [0.2, 0.25) is 11.8 Å². The fraction of sp³-hybridized carbons (Fsp3) is 0.273. The van der Waals surface area contributed by atoms with Gasteiger partial charge in [-0.2, -0.15) is 10.2 Å². The van der Waals surface area contributed by atoms with Crippen molar-refractivity contribution in [3.63, 3.8) is 0 Å². The van der Waals surface area contributed by atoms with Crippen molar-refractivity contribution < 1.29 is 29.3 Å². The molecule has 10 heteroatoms. The largest absolute Gasteiger partial charge is 0.504 e. The van der Waals surface area contributed by atoms with Crippen LogP contribution in [-0.4, -0.2) is 47.7 Å². The van der Waals surface area contributed by atoms with Crippen molar-refractivity contribution in [3.05, 3.63) is 47.5 Å². The van der Waals surface area contributed by atoms with E-state index in [-0.39, 0.29) is 24.3 Å². The van der Waals surface area contributed by atoms with E-state index in [9.17, 15) is 19.8 Å². The number of nitrogens with zero attached hydrogens (tertiary/aromatic N) is 2. The minimum atomic E-state index is -0.436. The van der Waals surface area contributed by atoms with E-state index in [2.05, 4.69) is 21.1 Å². The maximum atomic E-state index is 12.0. The predicted molar refractivity (Wildman–Crippen MR) is 119 cm³/mol. The summed E-state index contributed by atoms with van der Waals surface area (Å²) in [5.41, 5.74) is 7.11. The summed E-state index contributed by atoms with van der Waals surface area (Å²) in [5, 5.41) is 27.3. The number of carbonyl (C=O) groups excluding carboxylic acids is 2. The van der Waals surface area contributed by atoms with Crippen LogP contribution in [0.15, 0.2) is 46.6 Å². The second-order valence-corrected chi connectivity index (χ2v) is 6.74. The summed E-state index contributed by atoms with van der Waals surface area (Å²) in [6.07, 6.45) is -0.160. The first-order chi connectivity index (χ1) is 15.2. The van der Waals surface area contributed by atoms with Crippen LogP contribution in [0.1, 0.15) is 37.8 Å². The Morgan fingerprint density at radius 3 is 1.50 bits per heavy atom. The van der Waals surface area contributed by atoms with E-state index in [1.165, 1.54) is 26.4 Å². The summed E-state index contributed by atoms with van der Waals surface area (Å²) in [6, 6.07) is 9.41. The molecule has 0 heterocycles. The zero-order valence-electron chi connectivity index (χ0n) is 18.3. The zero-order valence-corrected chi connectivity index (χ0v) is 18.3. The average Bonchev–Trinajstić information content (AvgIpc) is 2.80. The van der Waals surface area contributed by atoms with E-state index in [0.29, 0.717) is 34.0 Å². The third kappa shape index (κ3) is 6.73. The highest BCUT2D eigenvalue weighted by atomic mass is 16.5. The van der Waals surface area contributed by atoms with Crippen LogP contribution in [0.4, 0.5) is 0 Å². The number of hydrazone groups is 2. The van der Waals surface area contributed by atoms with Crippen molar-refractivity contribution in [1.82, 2.24) is 10.9 Å². The topological polar surface area (TPSA) is 142 Å². The number of benzene rings is 2. The molecule has 0 atom stereocenters. The Labute approximate surface area is 185 Å². The Balaban J connectivity index is 1.85. The molecule has 10 nitrogen and oxygen atoms in total.